The molecular formula is C12H15NS2. The fourth-order valence-electron chi connectivity index (χ4n) is 1.58. The summed E-state index contributed by atoms with van der Waals surface area (Å²) in [5.74, 6) is 0.698. The highest BCUT2D eigenvalue weighted by atomic mass is 32.1. The van der Waals surface area contributed by atoms with Crippen LogP contribution in [-0.4, -0.2) is 4.98 Å². The molecule has 0 saturated carbocycles. The Labute approximate surface area is 98.8 Å². The van der Waals surface area contributed by atoms with Gasteiger partial charge >= 0.3 is 0 Å². The predicted molar refractivity (Wildman–Crippen MR) is 68.7 cm³/mol. The highest BCUT2D eigenvalue weighted by Gasteiger charge is 2.12. The summed E-state index contributed by atoms with van der Waals surface area (Å²) in [5.41, 5.74) is 1.21. The zero-order valence-electron chi connectivity index (χ0n) is 9.28. The van der Waals surface area contributed by atoms with Crippen LogP contribution in [0.4, 0.5) is 0 Å². The quantitative estimate of drug-likeness (QED) is 0.772. The van der Waals surface area contributed by atoms with E-state index in [9.17, 15) is 0 Å². The second-order valence-corrected chi connectivity index (χ2v) is 6.32. The second-order valence-electron chi connectivity index (χ2n) is 4.08. The number of rotatable bonds is 3. The van der Waals surface area contributed by atoms with E-state index in [1.165, 1.54) is 20.5 Å². The number of thiazole rings is 1. The molecule has 0 unspecified atom stereocenters. The monoisotopic (exact) mass is 237 g/mol. The van der Waals surface area contributed by atoms with Crippen molar-refractivity contribution >= 4 is 22.7 Å². The van der Waals surface area contributed by atoms with Gasteiger partial charge in [-0.05, 0) is 30.7 Å². The molecule has 15 heavy (non-hydrogen) atoms. The van der Waals surface area contributed by atoms with E-state index >= 15 is 0 Å². The molecule has 80 valence electrons. The number of hydrogen-bond donors (Lipinski definition) is 0. The van der Waals surface area contributed by atoms with Gasteiger partial charge in [0.2, 0.25) is 0 Å². The van der Waals surface area contributed by atoms with Crippen molar-refractivity contribution in [1.29, 1.82) is 0 Å². The standard InChI is InChI=1S/C12H15NS2/c1-8(2)7-11-12(13-9(3)15-11)10-5-4-6-14-10/h4-6,8H,7H2,1-3H3. The van der Waals surface area contributed by atoms with Crippen LogP contribution < -0.4 is 0 Å². The lowest BCUT2D eigenvalue weighted by molar-refractivity contribution is 0.654. The number of aryl methyl sites for hydroxylation is 1. The molecule has 0 amide bonds. The van der Waals surface area contributed by atoms with E-state index < -0.39 is 0 Å². The van der Waals surface area contributed by atoms with Crippen molar-refractivity contribution in [3.8, 4) is 10.6 Å². The van der Waals surface area contributed by atoms with Crippen LogP contribution in [0.3, 0.4) is 0 Å². The third-order valence-electron chi connectivity index (χ3n) is 2.15. The molecule has 0 atom stereocenters. The largest absolute Gasteiger partial charge is 0.240 e. The molecule has 2 aromatic rings. The number of aromatic nitrogens is 1. The minimum atomic E-state index is 0.698. The van der Waals surface area contributed by atoms with E-state index in [0.717, 1.165) is 6.42 Å². The summed E-state index contributed by atoms with van der Waals surface area (Å²) in [6.07, 6.45) is 1.14. The summed E-state index contributed by atoms with van der Waals surface area (Å²) in [4.78, 5) is 7.37. The van der Waals surface area contributed by atoms with Crippen molar-refractivity contribution in [2.75, 3.05) is 0 Å². The van der Waals surface area contributed by atoms with Gasteiger partial charge in [-0.15, -0.1) is 22.7 Å². The zero-order chi connectivity index (χ0) is 10.8. The number of thiophene rings is 1. The van der Waals surface area contributed by atoms with Crippen molar-refractivity contribution in [1.82, 2.24) is 4.98 Å². The van der Waals surface area contributed by atoms with E-state index in [0.29, 0.717) is 5.92 Å². The molecule has 0 saturated heterocycles. The van der Waals surface area contributed by atoms with Gasteiger partial charge in [-0.2, -0.15) is 0 Å². The fourth-order valence-corrected chi connectivity index (χ4v) is 3.55. The average Bonchev–Trinajstić information content (AvgIpc) is 2.72. The average molecular weight is 237 g/mol. The van der Waals surface area contributed by atoms with Crippen molar-refractivity contribution in [3.63, 3.8) is 0 Å². The Balaban J connectivity index is 2.38. The summed E-state index contributed by atoms with van der Waals surface area (Å²) >= 11 is 3.61. The van der Waals surface area contributed by atoms with E-state index in [1.54, 1.807) is 11.3 Å². The first-order chi connectivity index (χ1) is 7.16. The fraction of sp³-hybridized carbons (Fsp3) is 0.417. The third-order valence-corrected chi connectivity index (χ3v) is 4.02. The predicted octanol–water partition coefficient (Wildman–Crippen LogP) is 4.38. The summed E-state index contributed by atoms with van der Waals surface area (Å²) in [5, 5.41) is 3.29. The number of nitrogens with zero attached hydrogens (tertiary/aromatic N) is 1. The lowest BCUT2D eigenvalue weighted by Crippen LogP contribution is -1.92. The van der Waals surface area contributed by atoms with Crippen molar-refractivity contribution in [2.24, 2.45) is 5.92 Å². The second kappa shape index (κ2) is 4.45. The Morgan fingerprint density at radius 2 is 2.20 bits per heavy atom. The van der Waals surface area contributed by atoms with Gasteiger partial charge < -0.3 is 0 Å². The first-order valence-corrected chi connectivity index (χ1v) is 6.86. The van der Waals surface area contributed by atoms with Crippen LogP contribution in [0, 0.1) is 12.8 Å². The van der Waals surface area contributed by atoms with Crippen LogP contribution in [0.5, 0.6) is 0 Å². The molecule has 0 fully saturated rings. The Hall–Kier alpha value is -0.670. The highest BCUT2D eigenvalue weighted by Crippen LogP contribution is 2.32. The third kappa shape index (κ3) is 2.47. The maximum Gasteiger partial charge on any atom is 0.0946 e. The molecular weight excluding hydrogens is 222 g/mol. The summed E-state index contributed by atoms with van der Waals surface area (Å²) in [6, 6.07) is 4.25. The number of hydrogen-bond acceptors (Lipinski definition) is 3. The van der Waals surface area contributed by atoms with Crippen molar-refractivity contribution in [2.45, 2.75) is 27.2 Å². The van der Waals surface area contributed by atoms with Crippen molar-refractivity contribution in [3.05, 3.63) is 27.4 Å². The molecule has 2 rings (SSSR count). The summed E-state index contributed by atoms with van der Waals surface area (Å²) in [7, 11) is 0. The lowest BCUT2D eigenvalue weighted by Gasteiger charge is -2.02. The molecule has 0 aromatic carbocycles. The van der Waals surface area contributed by atoms with Crippen LogP contribution >= 0.6 is 22.7 Å². The first kappa shape index (κ1) is 10.8. The van der Waals surface area contributed by atoms with Gasteiger partial charge in [-0.3, -0.25) is 0 Å². The maximum absolute atomic E-state index is 4.64. The molecule has 0 aliphatic heterocycles. The molecule has 0 spiro atoms. The van der Waals surface area contributed by atoms with E-state index in [2.05, 4.69) is 43.3 Å². The Morgan fingerprint density at radius 1 is 1.40 bits per heavy atom. The van der Waals surface area contributed by atoms with Crippen LogP contribution in [0.1, 0.15) is 23.7 Å². The molecule has 0 N–H and O–H groups in total. The molecule has 0 aliphatic carbocycles. The van der Waals surface area contributed by atoms with Crippen molar-refractivity contribution < 1.29 is 0 Å². The SMILES string of the molecule is Cc1nc(-c2cccs2)c(CC(C)C)s1. The molecule has 0 radical (unpaired) electrons. The van der Waals surface area contributed by atoms with Crippen LogP contribution in [-0.2, 0) is 6.42 Å². The summed E-state index contributed by atoms with van der Waals surface area (Å²) in [6.45, 7) is 6.60. The van der Waals surface area contributed by atoms with Gasteiger partial charge in [0.1, 0.15) is 0 Å². The van der Waals surface area contributed by atoms with Crippen LogP contribution in [0.15, 0.2) is 17.5 Å². The van der Waals surface area contributed by atoms with Gasteiger partial charge in [0, 0.05) is 4.88 Å². The molecule has 0 bridgehead atoms. The van der Waals surface area contributed by atoms with Gasteiger partial charge in [0.15, 0.2) is 0 Å². The van der Waals surface area contributed by atoms with E-state index in [-0.39, 0.29) is 0 Å². The molecule has 2 heterocycles. The normalized spacial score (nSPS) is 11.2. The van der Waals surface area contributed by atoms with Gasteiger partial charge in [-0.1, -0.05) is 19.9 Å². The summed E-state index contributed by atoms with van der Waals surface area (Å²) < 4.78 is 0. The zero-order valence-corrected chi connectivity index (χ0v) is 10.9. The van der Waals surface area contributed by atoms with Gasteiger partial charge in [0.25, 0.3) is 0 Å². The van der Waals surface area contributed by atoms with E-state index in [4.69, 9.17) is 0 Å². The smallest absolute Gasteiger partial charge is 0.0946 e. The first-order valence-electron chi connectivity index (χ1n) is 5.17. The van der Waals surface area contributed by atoms with Crippen LogP contribution in [0.25, 0.3) is 10.6 Å². The molecule has 0 aliphatic rings. The maximum atomic E-state index is 4.64. The van der Waals surface area contributed by atoms with Gasteiger partial charge in [0.05, 0.1) is 15.6 Å². The Kier molecular flexibility index (Phi) is 3.22. The topological polar surface area (TPSA) is 12.9 Å². The Morgan fingerprint density at radius 3 is 2.80 bits per heavy atom. The minimum Gasteiger partial charge on any atom is -0.240 e. The molecule has 3 heteroatoms. The molecule has 1 nitrogen and oxygen atoms in total. The van der Waals surface area contributed by atoms with Gasteiger partial charge in [-0.25, -0.2) is 4.98 Å². The minimum absolute atomic E-state index is 0.698. The lowest BCUT2D eigenvalue weighted by atomic mass is 10.1. The van der Waals surface area contributed by atoms with Crippen LogP contribution in [0.2, 0.25) is 0 Å². The van der Waals surface area contributed by atoms with E-state index in [1.807, 2.05) is 11.3 Å². The Bertz CT molecular complexity index is 426. The highest BCUT2D eigenvalue weighted by molar-refractivity contribution is 7.15. The molecule has 2 aromatic heterocycles.